The van der Waals surface area contributed by atoms with E-state index in [1.165, 1.54) is 12.3 Å². The lowest BCUT2D eigenvalue weighted by Crippen LogP contribution is -2.40. The van der Waals surface area contributed by atoms with Crippen LogP contribution in [0.15, 0.2) is 12.3 Å². The quantitative estimate of drug-likeness (QED) is 0.862. The summed E-state index contributed by atoms with van der Waals surface area (Å²) in [6.07, 6.45) is 1.39. The van der Waals surface area contributed by atoms with Crippen LogP contribution in [0.1, 0.15) is 24.2 Å². The van der Waals surface area contributed by atoms with Crippen LogP contribution in [0.5, 0.6) is 0 Å². The lowest BCUT2D eigenvalue weighted by molar-refractivity contribution is 0.0929. The number of aromatic nitrogens is 1. The Hall–Kier alpha value is -1.33. The van der Waals surface area contributed by atoms with E-state index >= 15 is 0 Å². The summed E-state index contributed by atoms with van der Waals surface area (Å²) >= 11 is 5.94. The van der Waals surface area contributed by atoms with E-state index in [0.29, 0.717) is 17.1 Å². The van der Waals surface area contributed by atoms with Gasteiger partial charge in [0.2, 0.25) is 0 Å². The molecule has 1 aromatic heterocycles. The molecule has 0 saturated heterocycles. The highest BCUT2D eigenvalue weighted by atomic mass is 35.5. The summed E-state index contributed by atoms with van der Waals surface area (Å²) in [5.41, 5.74) is 5.89. The molecule has 0 fully saturated rings. The number of nitrogens with two attached hydrogens (primary N) is 1. The maximum absolute atomic E-state index is 12.1. The van der Waals surface area contributed by atoms with Gasteiger partial charge in [-0.15, -0.1) is 0 Å². The van der Waals surface area contributed by atoms with E-state index < -0.39 is 0 Å². The smallest absolute Gasteiger partial charge is 0.253 e. The van der Waals surface area contributed by atoms with Crippen LogP contribution in [0.25, 0.3) is 0 Å². The highest BCUT2D eigenvalue weighted by Gasteiger charge is 2.21. The second kappa shape index (κ2) is 6.21. The van der Waals surface area contributed by atoms with E-state index in [2.05, 4.69) is 29.0 Å². The van der Waals surface area contributed by atoms with Crippen molar-refractivity contribution in [3.05, 3.63) is 22.8 Å². The summed E-state index contributed by atoms with van der Waals surface area (Å²) in [7, 11) is 4.01. The number of nitrogens with zero attached hydrogens (tertiary/aromatic N) is 2. The number of hydrogen-bond donors (Lipinski definition) is 2. The largest absolute Gasteiger partial charge is 0.384 e. The molecule has 0 unspecified atom stereocenters. The maximum Gasteiger partial charge on any atom is 0.253 e. The van der Waals surface area contributed by atoms with Gasteiger partial charge in [-0.1, -0.05) is 25.4 Å². The fourth-order valence-electron chi connectivity index (χ4n) is 1.96. The normalized spacial score (nSPS) is 11.7. The molecule has 6 heteroatoms. The van der Waals surface area contributed by atoms with Gasteiger partial charge >= 0.3 is 0 Å². The fourth-order valence-corrected chi connectivity index (χ4v) is 2.14. The lowest BCUT2D eigenvalue weighted by Gasteiger charge is -2.28. The van der Waals surface area contributed by atoms with Crippen molar-refractivity contribution in [3.63, 3.8) is 0 Å². The molecule has 1 rings (SSSR count). The molecule has 0 spiro atoms. The zero-order chi connectivity index (χ0) is 14.6. The van der Waals surface area contributed by atoms with Crippen LogP contribution in [-0.4, -0.2) is 43.0 Å². The Kier molecular flexibility index (Phi) is 5.14. The third-order valence-corrected chi connectivity index (χ3v) is 2.89. The van der Waals surface area contributed by atoms with Gasteiger partial charge in [0.1, 0.15) is 5.82 Å². The minimum absolute atomic E-state index is 0.0236. The van der Waals surface area contributed by atoms with Crippen molar-refractivity contribution in [2.75, 3.05) is 32.9 Å². The first-order valence-corrected chi connectivity index (χ1v) is 6.43. The van der Waals surface area contributed by atoms with Gasteiger partial charge in [0.15, 0.2) is 0 Å². The van der Waals surface area contributed by atoms with E-state index in [1.54, 1.807) is 0 Å². The summed E-state index contributed by atoms with van der Waals surface area (Å²) in [6, 6.07) is 1.48. The van der Waals surface area contributed by atoms with Gasteiger partial charge in [-0.3, -0.25) is 4.79 Å². The first kappa shape index (κ1) is 15.7. The van der Waals surface area contributed by atoms with Crippen LogP contribution in [0.4, 0.5) is 5.82 Å². The Balaban J connectivity index is 2.68. The molecule has 0 aliphatic heterocycles. The van der Waals surface area contributed by atoms with Crippen molar-refractivity contribution in [2.45, 2.75) is 13.8 Å². The van der Waals surface area contributed by atoms with Crippen molar-refractivity contribution < 1.29 is 4.79 Å². The second-order valence-corrected chi connectivity index (χ2v) is 6.08. The standard InChI is InChI=1S/C13H21ClN4O/c1-13(2,8-18(3)4)7-17-12(19)9-5-11(15)16-6-10(9)14/h5-6H,7-8H2,1-4H3,(H2,15,16)(H,17,19). The highest BCUT2D eigenvalue weighted by molar-refractivity contribution is 6.33. The van der Waals surface area contributed by atoms with Crippen LogP contribution in [0, 0.1) is 5.41 Å². The van der Waals surface area contributed by atoms with Gasteiger partial charge < -0.3 is 16.0 Å². The maximum atomic E-state index is 12.1. The van der Waals surface area contributed by atoms with Crippen LogP contribution in [-0.2, 0) is 0 Å². The molecule has 0 aliphatic rings. The molecule has 1 aromatic rings. The minimum atomic E-state index is -0.231. The van der Waals surface area contributed by atoms with Gasteiger partial charge in [0.05, 0.1) is 10.6 Å². The third-order valence-electron chi connectivity index (χ3n) is 2.59. The number of nitrogen functional groups attached to an aromatic ring is 1. The average Bonchev–Trinajstić information content (AvgIpc) is 2.27. The molecular formula is C13H21ClN4O. The van der Waals surface area contributed by atoms with E-state index in [-0.39, 0.29) is 17.1 Å². The van der Waals surface area contributed by atoms with Gasteiger partial charge in [-0.2, -0.15) is 0 Å². The van der Waals surface area contributed by atoms with E-state index in [0.717, 1.165) is 6.54 Å². The number of hydrogen-bond acceptors (Lipinski definition) is 4. The van der Waals surface area contributed by atoms with Crippen molar-refractivity contribution in [1.29, 1.82) is 0 Å². The second-order valence-electron chi connectivity index (χ2n) is 5.67. The van der Waals surface area contributed by atoms with Gasteiger partial charge in [0.25, 0.3) is 5.91 Å². The molecule has 19 heavy (non-hydrogen) atoms. The molecule has 0 bridgehead atoms. The molecule has 0 saturated carbocycles. The molecule has 5 nitrogen and oxygen atoms in total. The van der Waals surface area contributed by atoms with Crippen molar-refractivity contribution in [2.24, 2.45) is 5.41 Å². The number of halogens is 1. The summed E-state index contributed by atoms with van der Waals surface area (Å²) in [5, 5.41) is 3.18. The molecule has 106 valence electrons. The van der Waals surface area contributed by atoms with Crippen LogP contribution < -0.4 is 11.1 Å². The molecule has 1 amide bonds. The number of rotatable bonds is 5. The molecule has 0 aliphatic carbocycles. The Morgan fingerprint density at radius 3 is 2.74 bits per heavy atom. The monoisotopic (exact) mass is 284 g/mol. The summed E-state index contributed by atoms with van der Waals surface area (Å²) in [4.78, 5) is 18.0. The predicted molar refractivity (Wildman–Crippen MR) is 78.3 cm³/mol. The van der Waals surface area contributed by atoms with Crippen LogP contribution in [0.3, 0.4) is 0 Å². The van der Waals surface area contributed by atoms with Gasteiger partial charge in [-0.25, -0.2) is 4.98 Å². The van der Waals surface area contributed by atoms with Crippen molar-refractivity contribution in [1.82, 2.24) is 15.2 Å². The molecule has 0 radical (unpaired) electrons. The number of carbonyl (C=O) groups excluding carboxylic acids is 1. The third kappa shape index (κ3) is 5.04. The van der Waals surface area contributed by atoms with E-state index in [1.807, 2.05) is 14.1 Å². The fraction of sp³-hybridized carbons (Fsp3) is 0.538. The van der Waals surface area contributed by atoms with E-state index in [9.17, 15) is 4.79 Å². The Morgan fingerprint density at radius 2 is 2.16 bits per heavy atom. The first-order chi connectivity index (χ1) is 8.71. The van der Waals surface area contributed by atoms with Crippen molar-refractivity contribution in [3.8, 4) is 0 Å². The zero-order valence-electron chi connectivity index (χ0n) is 11.8. The summed E-state index contributed by atoms with van der Waals surface area (Å²) in [5.74, 6) is 0.0491. The zero-order valence-corrected chi connectivity index (χ0v) is 12.6. The average molecular weight is 285 g/mol. The van der Waals surface area contributed by atoms with Crippen LogP contribution in [0.2, 0.25) is 5.02 Å². The minimum Gasteiger partial charge on any atom is -0.384 e. The first-order valence-electron chi connectivity index (χ1n) is 6.05. The molecule has 0 aromatic carbocycles. The number of nitrogens with one attached hydrogen (secondary N) is 1. The van der Waals surface area contributed by atoms with Gasteiger partial charge in [0, 0.05) is 19.3 Å². The SMILES string of the molecule is CN(C)CC(C)(C)CNC(=O)c1cc(N)ncc1Cl. The number of carbonyl (C=O) groups is 1. The Morgan fingerprint density at radius 1 is 1.53 bits per heavy atom. The Labute approximate surface area is 119 Å². The lowest BCUT2D eigenvalue weighted by atomic mass is 9.93. The van der Waals surface area contributed by atoms with Crippen LogP contribution >= 0.6 is 11.6 Å². The number of anilines is 1. The molecule has 1 heterocycles. The molecule has 0 atom stereocenters. The molecular weight excluding hydrogens is 264 g/mol. The number of pyridine rings is 1. The highest BCUT2D eigenvalue weighted by Crippen LogP contribution is 2.18. The van der Waals surface area contributed by atoms with E-state index in [4.69, 9.17) is 17.3 Å². The molecule has 3 N–H and O–H groups in total. The summed E-state index contributed by atoms with van der Waals surface area (Å²) < 4.78 is 0. The van der Waals surface area contributed by atoms with Crippen molar-refractivity contribution >= 4 is 23.3 Å². The Bertz CT molecular complexity index is 460. The topological polar surface area (TPSA) is 71.2 Å². The summed E-state index contributed by atoms with van der Waals surface area (Å²) in [6.45, 7) is 5.62. The number of amides is 1. The van der Waals surface area contributed by atoms with Gasteiger partial charge in [-0.05, 0) is 25.6 Å². The predicted octanol–water partition coefficient (Wildman–Crippen LogP) is 1.63.